The summed E-state index contributed by atoms with van der Waals surface area (Å²) in [6, 6.07) is 0. The van der Waals surface area contributed by atoms with Gasteiger partial charge in [0, 0.05) is 25.4 Å². The molecule has 0 atom stereocenters. The first kappa shape index (κ1) is 12.5. The molecule has 3 heterocycles. The van der Waals surface area contributed by atoms with Gasteiger partial charge in [-0.15, -0.1) is 0 Å². The lowest BCUT2D eigenvalue weighted by molar-refractivity contribution is -0.116. The molecule has 0 saturated carbocycles. The third kappa shape index (κ3) is 2.76. The van der Waals surface area contributed by atoms with E-state index in [1.54, 1.807) is 0 Å². The van der Waals surface area contributed by atoms with Crippen molar-refractivity contribution in [1.29, 1.82) is 0 Å². The summed E-state index contributed by atoms with van der Waals surface area (Å²) in [6.45, 7) is 3.51. The van der Waals surface area contributed by atoms with Crippen molar-refractivity contribution in [1.82, 2.24) is 14.9 Å². The van der Waals surface area contributed by atoms with Gasteiger partial charge < -0.3 is 9.80 Å². The fourth-order valence-electron chi connectivity index (χ4n) is 2.85. The van der Waals surface area contributed by atoms with Crippen LogP contribution in [0.2, 0.25) is 0 Å². The van der Waals surface area contributed by atoms with E-state index in [1.807, 2.05) is 17.3 Å². The van der Waals surface area contributed by atoms with Crippen LogP contribution >= 0.6 is 0 Å². The molecule has 19 heavy (non-hydrogen) atoms. The highest BCUT2D eigenvalue weighted by Gasteiger charge is 2.23. The molecule has 2 aliphatic heterocycles. The first-order valence-electron chi connectivity index (χ1n) is 6.99. The normalized spacial score (nSPS) is 22.2. The lowest BCUT2D eigenvalue weighted by Gasteiger charge is -2.28. The van der Waals surface area contributed by atoms with Crippen molar-refractivity contribution in [3.05, 3.63) is 18.0 Å². The maximum absolute atomic E-state index is 11.3. The van der Waals surface area contributed by atoms with E-state index in [9.17, 15) is 4.79 Å². The lowest BCUT2D eigenvalue weighted by Crippen LogP contribution is -2.29. The van der Waals surface area contributed by atoms with Gasteiger partial charge in [0.2, 0.25) is 5.95 Å². The molecule has 5 heteroatoms. The summed E-state index contributed by atoms with van der Waals surface area (Å²) in [5, 5.41) is 0. The highest BCUT2D eigenvalue weighted by Crippen LogP contribution is 2.27. The number of likely N-dealkylation sites (tertiary alicyclic amines) is 1. The van der Waals surface area contributed by atoms with Crippen LogP contribution in [0.5, 0.6) is 0 Å². The summed E-state index contributed by atoms with van der Waals surface area (Å²) in [6.07, 6.45) is 6.88. The largest absolute Gasteiger partial charge is 0.333 e. The Bertz CT molecular complexity index is 451. The molecule has 2 aliphatic rings. The Morgan fingerprint density at radius 1 is 1.16 bits per heavy atom. The highest BCUT2D eigenvalue weighted by molar-refractivity contribution is 5.86. The quantitative estimate of drug-likeness (QED) is 0.796. The van der Waals surface area contributed by atoms with Crippen molar-refractivity contribution in [3.63, 3.8) is 0 Å². The molecular weight excluding hydrogens is 240 g/mol. The Labute approximate surface area is 113 Å². The molecule has 0 aromatic carbocycles. The Kier molecular flexibility index (Phi) is 3.46. The van der Waals surface area contributed by atoms with Gasteiger partial charge in [-0.1, -0.05) is 0 Å². The smallest absolute Gasteiger partial charge is 0.225 e. The minimum Gasteiger partial charge on any atom is -0.333 e. The second kappa shape index (κ2) is 5.25. The zero-order chi connectivity index (χ0) is 13.2. The molecule has 102 valence electrons. The molecule has 0 amide bonds. The molecular formula is C14H20N4O. The summed E-state index contributed by atoms with van der Waals surface area (Å²) in [5.41, 5.74) is 1.24. The third-order valence-corrected chi connectivity index (χ3v) is 4.16. The zero-order valence-corrected chi connectivity index (χ0v) is 11.4. The molecule has 0 radical (unpaired) electrons. The molecule has 0 spiro atoms. The number of ketones is 1. The predicted octanol–water partition coefficient (Wildman–Crippen LogP) is 1.06. The molecule has 5 nitrogen and oxygen atoms in total. The molecule has 2 fully saturated rings. The van der Waals surface area contributed by atoms with Gasteiger partial charge in [0.25, 0.3) is 0 Å². The van der Waals surface area contributed by atoms with Gasteiger partial charge >= 0.3 is 0 Å². The number of rotatable bonds is 2. The second-order valence-corrected chi connectivity index (χ2v) is 5.60. The SMILES string of the molecule is CN1CCC(c2cnc(N3CCC(=O)C3)nc2)CC1. The average molecular weight is 260 g/mol. The fourth-order valence-corrected chi connectivity index (χ4v) is 2.85. The number of Topliss-reactive ketones (excluding diaryl/α,β-unsaturated/α-hetero) is 1. The molecule has 0 unspecified atom stereocenters. The van der Waals surface area contributed by atoms with Gasteiger partial charge in [0.1, 0.15) is 0 Å². The van der Waals surface area contributed by atoms with Crippen molar-refractivity contribution in [2.45, 2.75) is 25.2 Å². The topological polar surface area (TPSA) is 49.3 Å². The molecule has 0 bridgehead atoms. The standard InChI is InChI=1S/C14H20N4O/c1-17-5-2-11(3-6-17)12-8-15-14(16-9-12)18-7-4-13(19)10-18/h8-9,11H,2-7,10H2,1H3. The van der Waals surface area contributed by atoms with Gasteiger partial charge in [0.15, 0.2) is 5.78 Å². The van der Waals surface area contributed by atoms with E-state index >= 15 is 0 Å². The van der Waals surface area contributed by atoms with Gasteiger partial charge in [0.05, 0.1) is 6.54 Å². The summed E-state index contributed by atoms with van der Waals surface area (Å²) in [4.78, 5) is 24.5. The summed E-state index contributed by atoms with van der Waals surface area (Å²) >= 11 is 0. The van der Waals surface area contributed by atoms with Gasteiger partial charge in [-0.2, -0.15) is 0 Å². The number of carbonyl (C=O) groups is 1. The zero-order valence-electron chi connectivity index (χ0n) is 11.4. The minimum absolute atomic E-state index is 0.281. The minimum atomic E-state index is 0.281. The number of hydrogen-bond acceptors (Lipinski definition) is 5. The van der Waals surface area contributed by atoms with Crippen LogP contribution < -0.4 is 4.90 Å². The van der Waals surface area contributed by atoms with E-state index in [0.717, 1.165) is 19.6 Å². The van der Waals surface area contributed by atoms with Crippen LogP contribution in [-0.2, 0) is 4.79 Å². The molecule has 1 aromatic heterocycles. The first-order chi connectivity index (χ1) is 9.22. The molecule has 3 rings (SSSR count). The van der Waals surface area contributed by atoms with Crippen molar-refractivity contribution >= 4 is 11.7 Å². The first-order valence-corrected chi connectivity index (χ1v) is 6.99. The van der Waals surface area contributed by atoms with Crippen molar-refractivity contribution in [2.24, 2.45) is 0 Å². The van der Waals surface area contributed by atoms with Crippen LogP contribution in [0.3, 0.4) is 0 Å². The van der Waals surface area contributed by atoms with Crippen molar-refractivity contribution < 1.29 is 4.79 Å². The Morgan fingerprint density at radius 2 is 1.84 bits per heavy atom. The van der Waals surface area contributed by atoms with Gasteiger partial charge in [-0.25, -0.2) is 9.97 Å². The van der Waals surface area contributed by atoms with E-state index in [0.29, 0.717) is 24.8 Å². The van der Waals surface area contributed by atoms with Crippen LogP contribution in [0.25, 0.3) is 0 Å². The van der Waals surface area contributed by atoms with Crippen LogP contribution in [0.15, 0.2) is 12.4 Å². The lowest BCUT2D eigenvalue weighted by atomic mass is 9.92. The molecule has 1 aromatic rings. The van der Waals surface area contributed by atoms with Crippen LogP contribution in [0.4, 0.5) is 5.95 Å². The van der Waals surface area contributed by atoms with Gasteiger partial charge in [-0.05, 0) is 44.5 Å². The Morgan fingerprint density at radius 3 is 2.42 bits per heavy atom. The van der Waals surface area contributed by atoms with Crippen LogP contribution in [0, 0.1) is 0 Å². The molecule has 2 saturated heterocycles. The number of anilines is 1. The van der Waals surface area contributed by atoms with E-state index < -0.39 is 0 Å². The van der Waals surface area contributed by atoms with E-state index in [-0.39, 0.29) is 5.78 Å². The third-order valence-electron chi connectivity index (χ3n) is 4.16. The average Bonchev–Trinajstić information content (AvgIpc) is 2.87. The Balaban J connectivity index is 1.67. The number of carbonyl (C=O) groups excluding carboxylic acids is 1. The fraction of sp³-hybridized carbons (Fsp3) is 0.643. The van der Waals surface area contributed by atoms with Crippen LogP contribution in [0.1, 0.15) is 30.7 Å². The van der Waals surface area contributed by atoms with Crippen LogP contribution in [-0.4, -0.2) is 53.9 Å². The van der Waals surface area contributed by atoms with Crippen molar-refractivity contribution in [2.75, 3.05) is 38.1 Å². The van der Waals surface area contributed by atoms with Crippen molar-refractivity contribution in [3.8, 4) is 0 Å². The second-order valence-electron chi connectivity index (χ2n) is 5.60. The van der Waals surface area contributed by atoms with E-state index in [4.69, 9.17) is 0 Å². The summed E-state index contributed by atoms with van der Waals surface area (Å²) < 4.78 is 0. The number of hydrogen-bond donors (Lipinski definition) is 0. The predicted molar refractivity (Wildman–Crippen MR) is 73.3 cm³/mol. The van der Waals surface area contributed by atoms with E-state index in [1.165, 1.54) is 18.4 Å². The monoisotopic (exact) mass is 260 g/mol. The summed E-state index contributed by atoms with van der Waals surface area (Å²) in [7, 11) is 2.17. The number of nitrogens with zero attached hydrogens (tertiary/aromatic N) is 4. The highest BCUT2D eigenvalue weighted by atomic mass is 16.1. The number of piperidine rings is 1. The Hall–Kier alpha value is -1.49. The molecule has 0 N–H and O–H groups in total. The maximum atomic E-state index is 11.3. The summed E-state index contributed by atoms with van der Waals surface area (Å²) in [5.74, 6) is 1.57. The maximum Gasteiger partial charge on any atom is 0.225 e. The number of aromatic nitrogens is 2. The van der Waals surface area contributed by atoms with E-state index in [2.05, 4.69) is 21.9 Å². The van der Waals surface area contributed by atoms with Gasteiger partial charge in [-0.3, -0.25) is 4.79 Å². The molecule has 0 aliphatic carbocycles.